The Kier molecular flexibility index (Phi) is 6.80. The van der Waals surface area contributed by atoms with Gasteiger partial charge in [0.05, 0.1) is 22.7 Å². The third-order valence-corrected chi connectivity index (χ3v) is 7.34. The first kappa shape index (κ1) is 24.8. The first-order valence-electron chi connectivity index (χ1n) is 11.6. The van der Waals surface area contributed by atoms with E-state index < -0.39 is 24.1 Å². The molecule has 4 heterocycles. The fourth-order valence-electron chi connectivity index (χ4n) is 4.71. The van der Waals surface area contributed by atoms with Crippen LogP contribution in [-0.2, 0) is 4.79 Å². The van der Waals surface area contributed by atoms with Crippen LogP contribution in [0.3, 0.4) is 0 Å². The van der Waals surface area contributed by atoms with E-state index >= 15 is 0 Å². The largest absolute Gasteiger partial charge is 0.478 e. The van der Waals surface area contributed by atoms with Crippen LogP contribution in [0.15, 0.2) is 35.1 Å². The third-order valence-electron chi connectivity index (χ3n) is 6.62. The molecule has 1 amide bonds. The molecule has 2 aliphatic heterocycles. The lowest BCUT2D eigenvalue weighted by atomic mass is 9.99. The molecule has 0 spiro atoms. The highest BCUT2D eigenvalue weighted by Gasteiger charge is 2.33. The number of carbonyl (C=O) groups excluding carboxylic acids is 1. The number of anilines is 1. The zero-order valence-corrected chi connectivity index (χ0v) is 20.9. The minimum Gasteiger partial charge on any atom is -0.478 e. The average molecular weight is 537 g/mol. The van der Waals surface area contributed by atoms with Crippen molar-refractivity contribution in [3.05, 3.63) is 57.7 Å². The standard InChI is InChI=1S/C25H24Cl2F2N4O3/c1-12(20-17(26)2-3-18(29)21(20)27)36-23-22-15(10-32-24(23)30)16(11-35-22)13-4-6-33(7-5-13)25(34)19-8-14(28)9-31-19/h2-4,10-12,14,19,31H,5-9H2,1H3,(H2,30,32)/t12-,14-,19+/m1/s1. The minimum atomic E-state index is -0.987. The molecule has 3 aromatic rings. The molecule has 3 atom stereocenters. The Hall–Kier alpha value is -2.88. The molecule has 190 valence electrons. The van der Waals surface area contributed by atoms with E-state index in [1.807, 2.05) is 6.08 Å². The number of halogens is 4. The van der Waals surface area contributed by atoms with E-state index in [0.717, 1.165) is 11.1 Å². The van der Waals surface area contributed by atoms with Crippen molar-refractivity contribution in [2.24, 2.45) is 0 Å². The number of alkyl halides is 1. The third kappa shape index (κ3) is 4.51. The first-order chi connectivity index (χ1) is 17.2. The predicted molar refractivity (Wildman–Crippen MR) is 134 cm³/mol. The van der Waals surface area contributed by atoms with Gasteiger partial charge in [-0.15, -0.1) is 0 Å². The number of nitrogens with zero attached hydrogens (tertiary/aromatic N) is 2. The van der Waals surface area contributed by atoms with Gasteiger partial charge in [0.15, 0.2) is 11.4 Å². The van der Waals surface area contributed by atoms with Crippen molar-refractivity contribution in [3.8, 4) is 5.75 Å². The first-order valence-corrected chi connectivity index (χ1v) is 12.3. The molecule has 1 fully saturated rings. The summed E-state index contributed by atoms with van der Waals surface area (Å²) in [5.74, 6) is -0.398. The highest BCUT2D eigenvalue weighted by atomic mass is 35.5. The fourth-order valence-corrected chi connectivity index (χ4v) is 5.39. The molecule has 1 aromatic carbocycles. The van der Waals surface area contributed by atoms with Crippen LogP contribution < -0.4 is 15.8 Å². The number of pyridine rings is 1. The highest BCUT2D eigenvalue weighted by molar-refractivity contribution is 6.36. The number of hydrogen-bond acceptors (Lipinski definition) is 6. The number of benzene rings is 1. The van der Waals surface area contributed by atoms with Crippen LogP contribution in [0, 0.1) is 5.82 Å². The van der Waals surface area contributed by atoms with Gasteiger partial charge >= 0.3 is 0 Å². The summed E-state index contributed by atoms with van der Waals surface area (Å²) >= 11 is 12.4. The van der Waals surface area contributed by atoms with Gasteiger partial charge in [-0.3, -0.25) is 4.79 Å². The maximum atomic E-state index is 14.0. The van der Waals surface area contributed by atoms with Crippen molar-refractivity contribution in [2.75, 3.05) is 25.4 Å². The Morgan fingerprint density at radius 2 is 2.19 bits per heavy atom. The van der Waals surface area contributed by atoms with Crippen molar-refractivity contribution in [3.63, 3.8) is 0 Å². The second kappa shape index (κ2) is 9.88. The van der Waals surface area contributed by atoms with E-state index in [1.165, 1.54) is 12.1 Å². The number of nitrogen functional groups attached to an aromatic ring is 1. The number of amides is 1. The number of aromatic nitrogens is 1. The van der Waals surface area contributed by atoms with Gasteiger partial charge in [-0.05, 0) is 31.1 Å². The predicted octanol–water partition coefficient (Wildman–Crippen LogP) is 5.31. The van der Waals surface area contributed by atoms with Crippen molar-refractivity contribution in [2.45, 2.75) is 38.1 Å². The summed E-state index contributed by atoms with van der Waals surface area (Å²) in [7, 11) is 0. The molecule has 2 aromatic heterocycles. The van der Waals surface area contributed by atoms with E-state index in [9.17, 15) is 13.6 Å². The van der Waals surface area contributed by atoms with Crippen LogP contribution in [0.1, 0.15) is 37.0 Å². The molecule has 1 saturated heterocycles. The Labute approximate surface area is 216 Å². The summed E-state index contributed by atoms with van der Waals surface area (Å²) in [6.45, 7) is 2.80. The van der Waals surface area contributed by atoms with Crippen molar-refractivity contribution < 1.29 is 22.7 Å². The summed E-state index contributed by atoms with van der Waals surface area (Å²) in [6.07, 6.45) is 4.23. The maximum Gasteiger partial charge on any atom is 0.240 e. The van der Waals surface area contributed by atoms with Gasteiger partial charge < -0.3 is 25.1 Å². The van der Waals surface area contributed by atoms with Gasteiger partial charge in [-0.25, -0.2) is 13.8 Å². The second-order valence-electron chi connectivity index (χ2n) is 8.94. The van der Waals surface area contributed by atoms with Gasteiger partial charge in [0.25, 0.3) is 0 Å². The van der Waals surface area contributed by atoms with Gasteiger partial charge in [-0.2, -0.15) is 0 Å². The van der Waals surface area contributed by atoms with Crippen molar-refractivity contribution >= 4 is 51.5 Å². The van der Waals surface area contributed by atoms with Crippen molar-refractivity contribution in [1.29, 1.82) is 0 Å². The molecular formula is C25H24Cl2F2N4O3. The van der Waals surface area contributed by atoms with Crippen molar-refractivity contribution in [1.82, 2.24) is 15.2 Å². The summed E-state index contributed by atoms with van der Waals surface area (Å²) in [4.78, 5) is 18.7. The van der Waals surface area contributed by atoms with Crippen LogP contribution in [0.5, 0.6) is 5.75 Å². The number of nitrogens with one attached hydrogen (secondary N) is 1. The van der Waals surface area contributed by atoms with Gasteiger partial charge in [0.2, 0.25) is 11.7 Å². The second-order valence-corrected chi connectivity index (χ2v) is 9.72. The molecule has 0 saturated carbocycles. The quantitative estimate of drug-likeness (QED) is 0.429. The topological polar surface area (TPSA) is 93.6 Å². The average Bonchev–Trinajstić information content (AvgIpc) is 3.50. The van der Waals surface area contributed by atoms with Crippen LogP contribution >= 0.6 is 23.2 Å². The van der Waals surface area contributed by atoms with E-state index in [4.69, 9.17) is 38.1 Å². The van der Waals surface area contributed by atoms with Crippen LogP contribution in [0.4, 0.5) is 14.6 Å². The van der Waals surface area contributed by atoms with Crippen LogP contribution in [-0.4, -0.2) is 47.6 Å². The van der Waals surface area contributed by atoms with E-state index in [0.29, 0.717) is 30.5 Å². The van der Waals surface area contributed by atoms with E-state index in [-0.39, 0.29) is 46.0 Å². The zero-order chi connectivity index (χ0) is 25.6. The number of nitrogens with two attached hydrogens (primary N) is 1. The molecule has 36 heavy (non-hydrogen) atoms. The van der Waals surface area contributed by atoms with Gasteiger partial charge in [-0.1, -0.05) is 29.3 Å². The molecule has 7 nitrogen and oxygen atoms in total. The Morgan fingerprint density at radius 1 is 1.39 bits per heavy atom. The Balaban J connectivity index is 1.39. The lowest BCUT2D eigenvalue weighted by Gasteiger charge is -2.28. The molecule has 0 aliphatic carbocycles. The van der Waals surface area contributed by atoms with Crippen LogP contribution in [0.25, 0.3) is 16.5 Å². The van der Waals surface area contributed by atoms with E-state index in [1.54, 1.807) is 24.3 Å². The Morgan fingerprint density at radius 3 is 2.89 bits per heavy atom. The zero-order valence-electron chi connectivity index (χ0n) is 19.4. The smallest absolute Gasteiger partial charge is 0.240 e. The number of carbonyl (C=O) groups is 1. The Bertz CT molecular complexity index is 1360. The summed E-state index contributed by atoms with van der Waals surface area (Å²) in [5, 5.41) is 3.76. The van der Waals surface area contributed by atoms with E-state index in [2.05, 4.69) is 10.3 Å². The number of fused-ring (bicyclic) bond motifs is 1. The maximum absolute atomic E-state index is 14.0. The molecule has 0 radical (unpaired) electrons. The number of ether oxygens (including phenoxy) is 1. The number of furan rings is 1. The molecular weight excluding hydrogens is 513 g/mol. The summed E-state index contributed by atoms with van der Waals surface area (Å²) in [6, 6.07) is 2.12. The van der Waals surface area contributed by atoms with Crippen LogP contribution in [0.2, 0.25) is 10.0 Å². The number of rotatable bonds is 5. The summed E-state index contributed by atoms with van der Waals surface area (Å²) < 4.78 is 39.4. The lowest BCUT2D eigenvalue weighted by Crippen LogP contribution is -2.45. The molecule has 0 bridgehead atoms. The molecule has 0 unspecified atom stereocenters. The normalized spacial score (nSPS) is 21.0. The molecule has 5 rings (SSSR count). The van der Waals surface area contributed by atoms with Gasteiger partial charge in [0.1, 0.15) is 18.1 Å². The number of hydrogen-bond donors (Lipinski definition) is 2. The SMILES string of the molecule is C[C@@H](Oc1c(N)ncc2c(C3=CCN(C(=O)[C@@H]4C[C@@H](F)CN4)CC3)coc12)c1c(Cl)ccc(F)c1Cl. The summed E-state index contributed by atoms with van der Waals surface area (Å²) in [5.41, 5.74) is 8.57. The molecule has 3 N–H and O–H groups in total. The minimum absolute atomic E-state index is 0.0868. The highest BCUT2D eigenvalue weighted by Crippen LogP contribution is 2.41. The lowest BCUT2D eigenvalue weighted by molar-refractivity contribution is -0.132. The molecule has 11 heteroatoms. The molecule has 2 aliphatic rings. The van der Waals surface area contributed by atoms with Gasteiger partial charge in [0, 0.05) is 48.4 Å². The monoisotopic (exact) mass is 536 g/mol. The fraction of sp³-hybridized carbons (Fsp3) is 0.360.